The molecule has 1 saturated heterocycles. The van der Waals surface area contributed by atoms with E-state index < -0.39 is 24.5 Å². The van der Waals surface area contributed by atoms with Crippen molar-refractivity contribution in [3.05, 3.63) is 16.7 Å². The fourth-order valence-electron chi connectivity index (χ4n) is 3.13. The van der Waals surface area contributed by atoms with Crippen LogP contribution >= 0.6 is 0 Å². The number of aliphatic hydroxyl groups is 2. The monoisotopic (exact) mass is 312 g/mol. The Morgan fingerprint density at radius 3 is 2.86 bits per heavy atom. The van der Waals surface area contributed by atoms with Crippen molar-refractivity contribution in [2.75, 3.05) is 37.2 Å². The van der Waals surface area contributed by atoms with Gasteiger partial charge in [0, 0.05) is 21.2 Å². The van der Waals surface area contributed by atoms with E-state index in [9.17, 15) is 15.0 Å². The molecule has 9 heteroatoms. The van der Waals surface area contributed by atoms with E-state index in [1.165, 1.54) is 13.4 Å². The van der Waals surface area contributed by atoms with Crippen LogP contribution in [-0.4, -0.2) is 71.7 Å². The molecule has 0 aliphatic carbocycles. The molecule has 22 heavy (non-hydrogen) atoms. The van der Waals surface area contributed by atoms with Gasteiger partial charge < -0.3 is 34.1 Å². The van der Waals surface area contributed by atoms with E-state index in [4.69, 9.17) is 9.47 Å². The van der Waals surface area contributed by atoms with E-state index in [1.807, 2.05) is 4.90 Å². The topological polar surface area (TPSA) is 100 Å². The van der Waals surface area contributed by atoms with Crippen LogP contribution in [0.3, 0.4) is 0 Å². The summed E-state index contributed by atoms with van der Waals surface area (Å²) in [5, 5.41) is 19.5. The van der Waals surface area contributed by atoms with Crippen molar-refractivity contribution >= 4 is 11.5 Å². The number of aromatic nitrogens is 2. The van der Waals surface area contributed by atoms with Crippen molar-refractivity contribution in [3.63, 3.8) is 0 Å². The smallest absolute Gasteiger partial charge is 0.298 e. The summed E-state index contributed by atoms with van der Waals surface area (Å²) in [4.78, 5) is 19.5. The molecule has 0 amide bonds. The first-order chi connectivity index (χ1) is 10.5. The van der Waals surface area contributed by atoms with Gasteiger partial charge in [0.2, 0.25) is 0 Å². The Kier molecular flexibility index (Phi) is 3.81. The molecule has 0 saturated carbocycles. The van der Waals surface area contributed by atoms with Crippen LogP contribution in [0.1, 0.15) is 0 Å². The summed E-state index contributed by atoms with van der Waals surface area (Å²) in [5.74, 6) is 0.653. The third-order valence-corrected chi connectivity index (χ3v) is 4.19. The molecule has 1 fully saturated rings. The maximum Gasteiger partial charge on any atom is 0.298 e. The third-order valence-electron chi connectivity index (χ3n) is 4.19. The number of ether oxygens (including phenoxy) is 2. The molecule has 4 atom stereocenters. The van der Waals surface area contributed by atoms with Crippen LogP contribution in [0.15, 0.2) is 11.1 Å². The zero-order valence-corrected chi connectivity index (χ0v) is 12.7. The van der Waals surface area contributed by atoms with Crippen molar-refractivity contribution in [1.29, 1.82) is 0 Å². The van der Waals surface area contributed by atoms with Crippen LogP contribution in [-0.2, 0) is 16.5 Å². The number of nitrogens with zero attached hydrogens (tertiary/aromatic N) is 4. The first-order valence-electron chi connectivity index (χ1n) is 7.00. The summed E-state index contributed by atoms with van der Waals surface area (Å²) in [6, 6.07) is 0. The number of rotatable bonds is 3. The standard InChI is InChI=1S/C13H20N4O5/c1-15-5-14-11(20)8-12(15)17(6-16(8)2)13-10(21-3)9(19)7(4-18)22-13/h5,7,9-10,13,18-19H,4,6H2,1-3H3/t7-,9-,10-,13-/m1/s1. The predicted octanol–water partition coefficient (Wildman–Crippen LogP) is -1.91. The molecule has 0 aromatic carbocycles. The Morgan fingerprint density at radius 1 is 1.50 bits per heavy atom. The number of hydrogen-bond acceptors (Lipinski definition) is 8. The Morgan fingerprint density at radius 2 is 2.23 bits per heavy atom. The van der Waals surface area contributed by atoms with Gasteiger partial charge in [-0.25, -0.2) is 0 Å². The number of methoxy groups -OCH3 is 1. The maximum absolute atomic E-state index is 12.0. The predicted molar refractivity (Wildman–Crippen MR) is 77.8 cm³/mol. The van der Waals surface area contributed by atoms with E-state index in [0.717, 1.165) is 0 Å². The van der Waals surface area contributed by atoms with Crippen molar-refractivity contribution in [2.45, 2.75) is 24.5 Å². The molecule has 122 valence electrons. The van der Waals surface area contributed by atoms with Crippen molar-refractivity contribution in [3.8, 4) is 0 Å². The summed E-state index contributed by atoms with van der Waals surface area (Å²) in [7, 11) is 5.06. The molecular formula is C13H20N4O5. The first-order valence-corrected chi connectivity index (χ1v) is 7.00. The summed E-state index contributed by atoms with van der Waals surface area (Å²) in [5.41, 5.74) is 0.162. The van der Waals surface area contributed by atoms with Gasteiger partial charge in [-0.05, 0) is 0 Å². The molecule has 9 nitrogen and oxygen atoms in total. The Labute approximate surface area is 127 Å². The van der Waals surface area contributed by atoms with E-state index in [0.29, 0.717) is 18.2 Å². The van der Waals surface area contributed by atoms with Gasteiger partial charge in [0.1, 0.15) is 36.1 Å². The quantitative estimate of drug-likeness (QED) is 0.667. The second-order valence-electron chi connectivity index (χ2n) is 5.58. The van der Waals surface area contributed by atoms with Gasteiger partial charge in [-0.2, -0.15) is 4.98 Å². The summed E-state index contributed by atoms with van der Waals surface area (Å²) in [6.07, 6.45) is -1.44. The largest absolute Gasteiger partial charge is 0.394 e. The van der Waals surface area contributed by atoms with Gasteiger partial charge in [0.05, 0.1) is 13.3 Å². The molecule has 3 rings (SSSR count). The summed E-state index contributed by atoms with van der Waals surface area (Å²) in [6.45, 7) is 0.100. The van der Waals surface area contributed by atoms with Crippen molar-refractivity contribution < 1.29 is 19.7 Å². The van der Waals surface area contributed by atoms with Crippen LogP contribution in [0.5, 0.6) is 0 Å². The molecule has 0 radical (unpaired) electrons. The minimum atomic E-state index is -0.937. The highest BCUT2D eigenvalue weighted by Gasteiger charge is 2.49. The Hall–Kier alpha value is -1.68. The highest BCUT2D eigenvalue weighted by molar-refractivity contribution is 5.71. The lowest BCUT2D eigenvalue weighted by Crippen LogP contribution is -2.46. The SMILES string of the molecule is CO[C@@H]1[C@H](O)[C@@H](CO)O[C@H]1N1CN(C)c2c1n(C)cnc2=O. The lowest BCUT2D eigenvalue weighted by atomic mass is 10.1. The van der Waals surface area contributed by atoms with Gasteiger partial charge in [0.15, 0.2) is 6.23 Å². The zero-order valence-electron chi connectivity index (χ0n) is 12.7. The van der Waals surface area contributed by atoms with E-state index in [-0.39, 0.29) is 12.2 Å². The van der Waals surface area contributed by atoms with Crippen molar-refractivity contribution in [1.82, 2.24) is 9.55 Å². The fourth-order valence-corrected chi connectivity index (χ4v) is 3.13. The Bertz CT molecular complexity index is 621. The normalized spacial score (nSPS) is 31.0. The number of hydrogen-bond donors (Lipinski definition) is 2. The van der Waals surface area contributed by atoms with E-state index in [1.54, 1.807) is 23.6 Å². The van der Waals surface area contributed by atoms with E-state index in [2.05, 4.69) is 4.98 Å². The van der Waals surface area contributed by atoms with Gasteiger partial charge in [0.25, 0.3) is 5.56 Å². The molecule has 1 aromatic heterocycles. The van der Waals surface area contributed by atoms with Crippen LogP contribution < -0.4 is 15.4 Å². The second kappa shape index (κ2) is 5.51. The molecule has 0 unspecified atom stereocenters. The highest BCUT2D eigenvalue weighted by Crippen LogP contribution is 2.37. The Balaban J connectivity index is 2.02. The van der Waals surface area contributed by atoms with E-state index >= 15 is 0 Å². The molecule has 2 aliphatic heterocycles. The molecule has 1 aromatic rings. The molecule has 3 heterocycles. The van der Waals surface area contributed by atoms with Gasteiger partial charge >= 0.3 is 0 Å². The van der Waals surface area contributed by atoms with Gasteiger partial charge in [-0.3, -0.25) is 4.79 Å². The zero-order chi connectivity index (χ0) is 16.0. The minimum absolute atomic E-state index is 0.302. The molecule has 2 aliphatic rings. The summed E-state index contributed by atoms with van der Waals surface area (Å²) < 4.78 is 12.8. The molecular weight excluding hydrogens is 292 g/mol. The van der Waals surface area contributed by atoms with Crippen molar-refractivity contribution in [2.24, 2.45) is 7.05 Å². The average Bonchev–Trinajstić information content (AvgIpc) is 3.01. The fraction of sp³-hybridized carbons (Fsp3) is 0.692. The van der Waals surface area contributed by atoms with Gasteiger partial charge in [-0.1, -0.05) is 0 Å². The highest BCUT2D eigenvalue weighted by atomic mass is 16.6. The maximum atomic E-state index is 12.0. The second-order valence-corrected chi connectivity index (χ2v) is 5.58. The number of aliphatic hydroxyl groups excluding tert-OH is 2. The summed E-state index contributed by atoms with van der Waals surface area (Å²) >= 11 is 0. The number of aryl methyl sites for hydroxylation is 1. The van der Waals surface area contributed by atoms with Crippen LogP contribution in [0.25, 0.3) is 0 Å². The number of anilines is 2. The van der Waals surface area contributed by atoms with Gasteiger partial charge in [-0.15, -0.1) is 0 Å². The van der Waals surface area contributed by atoms with Crippen LogP contribution in [0.2, 0.25) is 0 Å². The van der Waals surface area contributed by atoms with Crippen LogP contribution in [0, 0.1) is 0 Å². The average molecular weight is 312 g/mol. The third kappa shape index (κ3) is 2.09. The first kappa shape index (κ1) is 15.2. The molecule has 0 spiro atoms. The lowest BCUT2D eigenvalue weighted by molar-refractivity contribution is -0.0227. The van der Waals surface area contributed by atoms with Crippen LogP contribution in [0.4, 0.5) is 11.5 Å². The lowest BCUT2D eigenvalue weighted by Gasteiger charge is -2.30. The number of fused-ring (bicyclic) bond motifs is 1. The molecule has 0 bridgehead atoms. The molecule has 2 N–H and O–H groups in total. The minimum Gasteiger partial charge on any atom is -0.394 e.